The van der Waals surface area contributed by atoms with E-state index in [0.717, 1.165) is 27.2 Å². The molecule has 0 aliphatic rings. The van der Waals surface area contributed by atoms with Gasteiger partial charge in [0.2, 0.25) is 0 Å². The standard InChI is InChI=1S/C18H29ClSi/c1-14(2)20(15(3)4,16(5)6)13-9-11-17-10-7-8-12-18(17)19/h7-12,14-16H,13H2,1-6H3/b11-9-. The molecule has 0 radical (unpaired) electrons. The van der Waals surface area contributed by atoms with Crippen molar-refractivity contribution < 1.29 is 0 Å². The molecule has 20 heavy (non-hydrogen) atoms. The first-order valence-electron chi connectivity index (χ1n) is 7.73. The van der Waals surface area contributed by atoms with E-state index >= 15 is 0 Å². The van der Waals surface area contributed by atoms with Crippen molar-refractivity contribution in [3.8, 4) is 0 Å². The van der Waals surface area contributed by atoms with Gasteiger partial charge in [0.05, 0.1) is 8.07 Å². The van der Waals surface area contributed by atoms with Crippen LogP contribution in [0.25, 0.3) is 6.08 Å². The van der Waals surface area contributed by atoms with Crippen molar-refractivity contribution >= 4 is 25.8 Å². The second-order valence-corrected chi connectivity index (χ2v) is 13.2. The van der Waals surface area contributed by atoms with Gasteiger partial charge in [-0.1, -0.05) is 100 Å². The van der Waals surface area contributed by atoms with Crippen LogP contribution in [-0.2, 0) is 0 Å². The molecule has 0 nitrogen and oxygen atoms in total. The van der Waals surface area contributed by atoms with E-state index in [1.165, 1.54) is 6.04 Å². The molecule has 0 atom stereocenters. The summed E-state index contributed by atoms with van der Waals surface area (Å²) in [5.74, 6) is 0. The van der Waals surface area contributed by atoms with E-state index in [0.29, 0.717) is 0 Å². The molecule has 0 N–H and O–H groups in total. The fourth-order valence-electron chi connectivity index (χ4n) is 3.71. The minimum Gasteiger partial charge on any atom is -0.0865 e. The van der Waals surface area contributed by atoms with E-state index in [9.17, 15) is 0 Å². The number of hydrogen-bond donors (Lipinski definition) is 0. The largest absolute Gasteiger partial charge is 0.0865 e. The van der Waals surface area contributed by atoms with Crippen molar-refractivity contribution in [1.29, 1.82) is 0 Å². The molecule has 1 aromatic carbocycles. The molecule has 0 bridgehead atoms. The highest BCUT2D eigenvalue weighted by Gasteiger charge is 2.41. The van der Waals surface area contributed by atoms with Crippen LogP contribution in [0.15, 0.2) is 30.3 Å². The number of halogens is 1. The molecule has 0 saturated carbocycles. The number of rotatable bonds is 6. The van der Waals surface area contributed by atoms with Gasteiger partial charge < -0.3 is 0 Å². The zero-order valence-corrected chi connectivity index (χ0v) is 15.5. The lowest BCUT2D eigenvalue weighted by molar-refractivity contribution is 0.811. The van der Waals surface area contributed by atoms with Gasteiger partial charge in [-0.2, -0.15) is 0 Å². The van der Waals surface area contributed by atoms with Gasteiger partial charge >= 0.3 is 0 Å². The van der Waals surface area contributed by atoms with Crippen molar-refractivity contribution in [2.24, 2.45) is 0 Å². The van der Waals surface area contributed by atoms with Crippen LogP contribution in [0, 0.1) is 0 Å². The first kappa shape index (κ1) is 17.5. The predicted molar refractivity (Wildman–Crippen MR) is 96.3 cm³/mol. The van der Waals surface area contributed by atoms with Crippen LogP contribution < -0.4 is 0 Å². The highest BCUT2D eigenvalue weighted by molar-refractivity contribution is 6.83. The SMILES string of the molecule is CC(C)[Si](C/C=C\c1ccccc1Cl)(C(C)C)C(C)C. The summed E-state index contributed by atoms with van der Waals surface area (Å²) >= 11 is 6.22. The summed E-state index contributed by atoms with van der Waals surface area (Å²) in [6.45, 7) is 14.5. The molecular weight excluding hydrogens is 280 g/mol. The minimum absolute atomic E-state index is 0.804. The van der Waals surface area contributed by atoms with Crippen LogP contribution in [0.2, 0.25) is 27.7 Å². The van der Waals surface area contributed by atoms with Gasteiger partial charge in [0.15, 0.2) is 0 Å². The van der Waals surface area contributed by atoms with Crippen LogP contribution >= 0.6 is 11.6 Å². The van der Waals surface area contributed by atoms with Gasteiger partial charge in [-0.25, -0.2) is 0 Å². The maximum Gasteiger partial charge on any atom is 0.0650 e. The molecule has 0 amide bonds. The topological polar surface area (TPSA) is 0 Å². The van der Waals surface area contributed by atoms with Crippen LogP contribution in [0.1, 0.15) is 47.1 Å². The number of allylic oxidation sites excluding steroid dienone is 1. The average Bonchev–Trinajstić information content (AvgIpc) is 2.35. The zero-order chi connectivity index (χ0) is 15.3. The second kappa shape index (κ2) is 7.47. The van der Waals surface area contributed by atoms with Crippen LogP contribution in [0.3, 0.4) is 0 Å². The van der Waals surface area contributed by atoms with Crippen molar-refractivity contribution in [3.63, 3.8) is 0 Å². The Morgan fingerprint density at radius 2 is 1.45 bits per heavy atom. The Morgan fingerprint density at radius 1 is 0.950 bits per heavy atom. The minimum atomic E-state index is -1.33. The maximum absolute atomic E-state index is 6.22. The van der Waals surface area contributed by atoms with Crippen molar-refractivity contribution in [2.75, 3.05) is 0 Å². The quantitative estimate of drug-likeness (QED) is 0.495. The van der Waals surface area contributed by atoms with E-state index in [4.69, 9.17) is 11.6 Å². The molecule has 0 aliphatic carbocycles. The summed E-state index contributed by atoms with van der Waals surface area (Å²) in [5.41, 5.74) is 3.54. The summed E-state index contributed by atoms with van der Waals surface area (Å²) in [7, 11) is -1.33. The van der Waals surface area contributed by atoms with Crippen molar-refractivity contribution in [2.45, 2.75) is 64.2 Å². The van der Waals surface area contributed by atoms with Crippen molar-refractivity contribution in [1.82, 2.24) is 0 Å². The Morgan fingerprint density at radius 3 is 1.90 bits per heavy atom. The Labute approximate surface area is 131 Å². The molecule has 0 fully saturated rings. The third-order valence-electron chi connectivity index (χ3n) is 4.90. The summed E-state index contributed by atoms with van der Waals surface area (Å²) in [5, 5.41) is 0.842. The summed E-state index contributed by atoms with van der Waals surface area (Å²) in [6, 6.07) is 9.31. The normalized spacial score (nSPS) is 13.1. The van der Waals surface area contributed by atoms with Crippen LogP contribution in [0.4, 0.5) is 0 Å². The lowest BCUT2D eigenvalue weighted by Gasteiger charge is -2.42. The highest BCUT2D eigenvalue weighted by Crippen LogP contribution is 2.44. The summed E-state index contributed by atoms with van der Waals surface area (Å²) in [6.07, 6.45) is 4.57. The fraction of sp³-hybridized carbons (Fsp3) is 0.556. The lowest BCUT2D eigenvalue weighted by Crippen LogP contribution is -2.43. The number of benzene rings is 1. The third-order valence-corrected chi connectivity index (χ3v) is 12.6. The zero-order valence-electron chi connectivity index (χ0n) is 13.8. The van der Waals surface area contributed by atoms with Crippen LogP contribution in [-0.4, -0.2) is 8.07 Å². The Balaban J connectivity index is 2.95. The Hall–Kier alpha value is -0.533. The fourth-order valence-corrected chi connectivity index (χ4v) is 9.85. The summed E-state index contributed by atoms with van der Waals surface area (Å²) in [4.78, 5) is 0. The Bertz CT molecular complexity index is 425. The van der Waals surface area contributed by atoms with E-state index in [-0.39, 0.29) is 0 Å². The molecule has 0 unspecified atom stereocenters. The van der Waals surface area contributed by atoms with Crippen molar-refractivity contribution in [3.05, 3.63) is 40.9 Å². The molecule has 0 spiro atoms. The molecule has 0 saturated heterocycles. The Kier molecular flexibility index (Phi) is 6.54. The first-order chi connectivity index (χ1) is 9.32. The van der Waals surface area contributed by atoms with Gasteiger partial charge in [0, 0.05) is 5.02 Å². The van der Waals surface area contributed by atoms with E-state index in [2.05, 4.69) is 59.8 Å². The molecule has 1 aromatic rings. The molecule has 2 heteroatoms. The van der Waals surface area contributed by atoms with E-state index < -0.39 is 8.07 Å². The molecule has 1 rings (SSSR count). The van der Waals surface area contributed by atoms with Gasteiger partial charge in [0.25, 0.3) is 0 Å². The second-order valence-electron chi connectivity index (χ2n) is 6.70. The maximum atomic E-state index is 6.22. The van der Waals surface area contributed by atoms with Gasteiger partial charge in [-0.3, -0.25) is 0 Å². The smallest absolute Gasteiger partial charge is 0.0650 e. The van der Waals surface area contributed by atoms with Crippen LogP contribution in [0.5, 0.6) is 0 Å². The molecule has 0 aliphatic heterocycles. The molecule has 112 valence electrons. The van der Waals surface area contributed by atoms with Gasteiger partial charge in [-0.05, 0) is 17.7 Å². The first-order valence-corrected chi connectivity index (χ1v) is 10.5. The third kappa shape index (κ3) is 3.77. The molecule has 0 heterocycles. The van der Waals surface area contributed by atoms with E-state index in [1.54, 1.807) is 0 Å². The molecular formula is C18H29ClSi. The predicted octanol–water partition coefficient (Wildman–Crippen LogP) is 7.03. The highest BCUT2D eigenvalue weighted by atomic mass is 35.5. The monoisotopic (exact) mass is 308 g/mol. The lowest BCUT2D eigenvalue weighted by atomic mass is 10.2. The van der Waals surface area contributed by atoms with Gasteiger partial charge in [-0.15, -0.1) is 0 Å². The van der Waals surface area contributed by atoms with Gasteiger partial charge in [0.1, 0.15) is 0 Å². The molecule has 0 aromatic heterocycles. The average molecular weight is 309 g/mol. The van der Waals surface area contributed by atoms with E-state index in [1.807, 2.05) is 18.2 Å². The number of hydrogen-bond acceptors (Lipinski definition) is 0. The summed E-state index contributed by atoms with van der Waals surface area (Å²) < 4.78 is 0.